The molecule has 1 saturated heterocycles. The van der Waals surface area contributed by atoms with E-state index in [2.05, 4.69) is 43.6 Å². The van der Waals surface area contributed by atoms with Crippen LogP contribution in [0.3, 0.4) is 0 Å². The number of quaternary nitrogens is 1. The van der Waals surface area contributed by atoms with Gasteiger partial charge in [-0.25, -0.2) is 0 Å². The minimum absolute atomic E-state index is 0.0332. The van der Waals surface area contributed by atoms with E-state index in [-0.39, 0.29) is 12.3 Å². The topological polar surface area (TPSA) is 49.3 Å². The number of fused-ring (bicyclic) bond motifs is 1. The molecule has 2 aromatic rings. The second-order valence-electron chi connectivity index (χ2n) is 10.9. The highest BCUT2D eigenvalue weighted by Gasteiger charge is 2.61. The van der Waals surface area contributed by atoms with Crippen LogP contribution < -0.4 is 5.32 Å². The van der Waals surface area contributed by atoms with E-state index in [1.54, 1.807) is 0 Å². The summed E-state index contributed by atoms with van der Waals surface area (Å²) in [6.45, 7) is 6.47. The number of aryl methyl sites for hydroxylation is 1. The van der Waals surface area contributed by atoms with Crippen LogP contribution in [0.1, 0.15) is 53.9 Å². The Labute approximate surface area is 192 Å². The summed E-state index contributed by atoms with van der Waals surface area (Å²) in [5.74, 6) is 2.94. The molecule has 32 heavy (non-hydrogen) atoms. The molecule has 2 aliphatic carbocycles. The minimum Gasteiger partial charge on any atom is -0.507 e. The van der Waals surface area contributed by atoms with Crippen molar-refractivity contribution in [3.63, 3.8) is 0 Å². The summed E-state index contributed by atoms with van der Waals surface area (Å²) in [5, 5.41) is 13.9. The van der Waals surface area contributed by atoms with Crippen LogP contribution in [0, 0.1) is 24.7 Å². The number of hydrogen-bond donors (Lipinski definition) is 2. The van der Waals surface area contributed by atoms with E-state index in [0.29, 0.717) is 17.6 Å². The molecule has 3 aliphatic rings. The maximum absolute atomic E-state index is 12.6. The molecule has 2 unspecified atom stereocenters. The summed E-state index contributed by atoms with van der Waals surface area (Å²) in [6.07, 6.45) is 5.04. The summed E-state index contributed by atoms with van der Waals surface area (Å²) in [7, 11) is 2.38. The van der Waals surface area contributed by atoms with E-state index in [0.717, 1.165) is 53.4 Å². The first-order valence-corrected chi connectivity index (χ1v) is 12.4. The van der Waals surface area contributed by atoms with E-state index in [1.807, 2.05) is 18.2 Å². The molecular weight excluding hydrogens is 396 g/mol. The number of hydrogen-bond acceptors (Lipinski definition) is 2. The molecule has 170 valence electrons. The minimum atomic E-state index is 0.0332. The van der Waals surface area contributed by atoms with Crippen LogP contribution in [0.4, 0.5) is 0 Å². The average Bonchev–Trinajstić information content (AvgIpc) is 3.12. The second-order valence-corrected chi connectivity index (χ2v) is 10.9. The van der Waals surface area contributed by atoms with Gasteiger partial charge in [-0.1, -0.05) is 60.9 Å². The van der Waals surface area contributed by atoms with Gasteiger partial charge >= 0.3 is 0 Å². The van der Waals surface area contributed by atoms with E-state index < -0.39 is 0 Å². The number of amides is 1. The van der Waals surface area contributed by atoms with Gasteiger partial charge in [0.05, 0.1) is 26.6 Å². The van der Waals surface area contributed by atoms with E-state index in [4.69, 9.17) is 0 Å². The van der Waals surface area contributed by atoms with Crippen LogP contribution in [0.25, 0.3) is 0 Å². The van der Waals surface area contributed by atoms with Gasteiger partial charge in [-0.3, -0.25) is 4.79 Å². The van der Waals surface area contributed by atoms with Crippen LogP contribution >= 0.6 is 0 Å². The highest BCUT2D eigenvalue weighted by atomic mass is 16.3. The Hall–Kier alpha value is -2.33. The van der Waals surface area contributed by atoms with Crippen molar-refractivity contribution in [2.24, 2.45) is 17.8 Å². The molecule has 4 nitrogen and oxygen atoms in total. The molecule has 0 radical (unpaired) electrons. The first-order valence-electron chi connectivity index (χ1n) is 12.4. The van der Waals surface area contributed by atoms with E-state index in [9.17, 15) is 9.90 Å². The van der Waals surface area contributed by atoms with E-state index in [1.165, 1.54) is 37.1 Å². The van der Waals surface area contributed by atoms with Crippen molar-refractivity contribution in [2.75, 3.05) is 26.7 Å². The molecule has 3 fully saturated rings. The summed E-state index contributed by atoms with van der Waals surface area (Å²) in [4.78, 5) is 12.6. The van der Waals surface area contributed by atoms with Crippen LogP contribution in [-0.4, -0.2) is 42.2 Å². The number of nitrogens with one attached hydrogen (secondary N) is 1. The van der Waals surface area contributed by atoms with Gasteiger partial charge < -0.3 is 14.9 Å². The quantitative estimate of drug-likeness (QED) is 0.630. The predicted octanol–water partition coefficient (Wildman–Crippen LogP) is 4.54. The summed E-state index contributed by atoms with van der Waals surface area (Å²) >= 11 is 0. The fraction of sp³-hybridized carbons (Fsp3) is 0.536. The van der Waals surface area contributed by atoms with Gasteiger partial charge in [-0.15, -0.1) is 0 Å². The van der Waals surface area contributed by atoms with Crippen molar-refractivity contribution < 1.29 is 14.4 Å². The molecular formula is C28H37N2O2+. The zero-order valence-electron chi connectivity index (χ0n) is 19.5. The van der Waals surface area contributed by atoms with Gasteiger partial charge in [-0.05, 0) is 37.2 Å². The van der Waals surface area contributed by atoms with Gasteiger partial charge in [0.15, 0.2) is 0 Å². The SMILES string of the molecule is Cc1cccc(C[N+]2(C)CC3C(CNC(=O)Cc4cccc(C5CCCC5)c4O)C3C2)c1. The average molecular weight is 434 g/mol. The van der Waals surface area contributed by atoms with Gasteiger partial charge in [0.25, 0.3) is 0 Å². The molecule has 0 spiro atoms. The molecule has 2 saturated carbocycles. The number of carbonyl (C=O) groups excluding carboxylic acids is 1. The third kappa shape index (κ3) is 4.43. The number of benzene rings is 2. The number of carbonyl (C=O) groups is 1. The third-order valence-corrected chi connectivity index (χ3v) is 8.29. The van der Waals surface area contributed by atoms with Crippen molar-refractivity contribution in [1.29, 1.82) is 0 Å². The monoisotopic (exact) mass is 433 g/mol. The Morgan fingerprint density at radius 1 is 1.09 bits per heavy atom. The Kier molecular flexibility index (Phi) is 5.75. The van der Waals surface area contributed by atoms with Crippen molar-refractivity contribution >= 4 is 5.91 Å². The van der Waals surface area contributed by atoms with Gasteiger partial charge in [0, 0.05) is 29.5 Å². The molecule has 5 rings (SSSR count). The number of rotatable bonds is 7. The van der Waals surface area contributed by atoms with Crippen LogP contribution in [0.15, 0.2) is 42.5 Å². The first kappa shape index (κ1) is 21.5. The number of aromatic hydroxyl groups is 1. The number of phenolic OH excluding ortho intramolecular Hbond substituents is 1. The van der Waals surface area contributed by atoms with Gasteiger partial charge in [0.2, 0.25) is 5.91 Å². The smallest absolute Gasteiger partial charge is 0.224 e. The summed E-state index contributed by atoms with van der Waals surface area (Å²) < 4.78 is 1.12. The lowest BCUT2D eigenvalue weighted by Crippen LogP contribution is -2.44. The van der Waals surface area contributed by atoms with Crippen LogP contribution in [0.2, 0.25) is 0 Å². The van der Waals surface area contributed by atoms with Crippen LogP contribution in [0.5, 0.6) is 5.75 Å². The lowest BCUT2D eigenvalue weighted by molar-refractivity contribution is -0.916. The third-order valence-electron chi connectivity index (χ3n) is 8.29. The molecule has 1 amide bonds. The van der Waals surface area contributed by atoms with Gasteiger partial charge in [0.1, 0.15) is 12.3 Å². The second kappa shape index (κ2) is 8.55. The maximum Gasteiger partial charge on any atom is 0.224 e. The van der Waals surface area contributed by atoms with Crippen molar-refractivity contribution in [1.82, 2.24) is 5.32 Å². The molecule has 2 atom stereocenters. The Balaban J connectivity index is 1.10. The molecule has 2 aromatic carbocycles. The highest BCUT2D eigenvalue weighted by molar-refractivity contribution is 5.79. The number of nitrogens with zero attached hydrogens (tertiary/aromatic N) is 1. The fourth-order valence-electron chi connectivity index (χ4n) is 6.63. The predicted molar refractivity (Wildman–Crippen MR) is 127 cm³/mol. The molecule has 0 aromatic heterocycles. The zero-order chi connectivity index (χ0) is 22.3. The zero-order valence-corrected chi connectivity index (χ0v) is 19.5. The normalized spacial score (nSPS) is 29.1. The number of para-hydroxylation sites is 1. The number of phenols is 1. The summed E-state index contributed by atoms with van der Waals surface area (Å²) in [6, 6.07) is 14.8. The lowest BCUT2D eigenvalue weighted by Gasteiger charge is -2.32. The number of likely N-dealkylation sites (tertiary alicyclic amines) is 1. The lowest BCUT2D eigenvalue weighted by atomic mass is 9.94. The molecule has 2 N–H and O–H groups in total. The highest BCUT2D eigenvalue weighted by Crippen LogP contribution is 2.53. The van der Waals surface area contributed by atoms with Crippen molar-refractivity contribution in [3.05, 3.63) is 64.7 Å². The molecule has 0 bridgehead atoms. The Bertz CT molecular complexity index is 983. The number of piperidine rings is 1. The molecule has 1 heterocycles. The van der Waals surface area contributed by atoms with Gasteiger partial charge in [-0.2, -0.15) is 0 Å². The van der Waals surface area contributed by atoms with Crippen LogP contribution in [-0.2, 0) is 17.8 Å². The molecule has 1 aliphatic heterocycles. The largest absolute Gasteiger partial charge is 0.507 e. The first-order chi connectivity index (χ1) is 15.4. The Morgan fingerprint density at radius 3 is 2.53 bits per heavy atom. The Morgan fingerprint density at radius 2 is 1.81 bits per heavy atom. The standard InChI is InChI=1S/C28H36N2O2/c1-19-7-5-8-20(13-19)16-30(2)17-25-24(26(25)18-30)15-29-27(31)14-22-11-6-12-23(28(22)32)21-9-3-4-10-21/h5-8,11-13,21,24-26H,3-4,9-10,14-18H2,1-2H3,(H-,29,31,32)/p+1. The maximum atomic E-state index is 12.6. The van der Waals surface area contributed by atoms with Crippen molar-refractivity contribution in [3.8, 4) is 5.75 Å². The summed E-state index contributed by atoms with van der Waals surface area (Å²) in [5.41, 5.74) is 4.57. The van der Waals surface area contributed by atoms with E-state index >= 15 is 0 Å². The fourth-order valence-corrected chi connectivity index (χ4v) is 6.63. The van der Waals surface area contributed by atoms with Crippen molar-refractivity contribution in [2.45, 2.75) is 51.5 Å². The molecule has 4 heteroatoms.